The number of rotatable bonds is 4. The molecule has 1 aromatic heterocycles. The van der Waals surface area contributed by atoms with Crippen LogP contribution < -0.4 is 5.56 Å². The Hall–Kier alpha value is -3.20. The van der Waals surface area contributed by atoms with Gasteiger partial charge in [0.05, 0.1) is 16.6 Å². The lowest BCUT2D eigenvalue weighted by Gasteiger charge is -2.18. The maximum atomic E-state index is 13.5. The third kappa shape index (κ3) is 3.38. The molecule has 0 spiro atoms. The number of hydrogen-bond acceptors (Lipinski definition) is 2. The highest BCUT2D eigenvalue weighted by molar-refractivity contribution is 5.81. The summed E-state index contributed by atoms with van der Waals surface area (Å²) in [5.41, 5.74) is 6.05. The van der Waals surface area contributed by atoms with E-state index in [0.717, 1.165) is 34.3 Å². The Morgan fingerprint density at radius 3 is 2.21 bits per heavy atom. The molecule has 0 bridgehead atoms. The van der Waals surface area contributed by atoms with Crippen molar-refractivity contribution in [1.82, 2.24) is 9.55 Å². The number of benzene rings is 3. The highest BCUT2D eigenvalue weighted by Gasteiger charge is 2.17. The second-order valence-corrected chi connectivity index (χ2v) is 7.76. The molecule has 0 aliphatic heterocycles. The van der Waals surface area contributed by atoms with Crippen LogP contribution in [0.1, 0.15) is 42.9 Å². The van der Waals surface area contributed by atoms with Crippen molar-refractivity contribution in [1.29, 1.82) is 0 Å². The van der Waals surface area contributed by atoms with Crippen LogP contribution in [-0.2, 0) is 0 Å². The van der Waals surface area contributed by atoms with Crippen molar-refractivity contribution in [3.8, 4) is 17.1 Å². The molecule has 1 unspecified atom stereocenters. The first-order chi connectivity index (χ1) is 14.0. The first kappa shape index (κ1) is 19.1. The topological polar surface area (TPSA) is 34.9 Å². The van der Waals surface area contributed by atoms with Gasteiger partial charge in [-0.3, -0.25) is 9.36 Å². The van der Waals surface area contributed by atoms with E-state index < -0.39 is 0 Å². The molecule has 3 aromatic carbocycles. The zero-order valence-corrected chi connectivity index (χ0v) is 17.4. The molecule has 0 saturated heterocycles. The molecule has 0 N–H and O–H groups in total. The summed E-state index contributed by atoms with van der Waals surface area (Å²) in [7, 11) is 0. The molecular weight excluding hydrogens is 356 g/mol. The van der Waals surface area contributed by atoms with E-state index >= 15 is 0 Å². The minimum atomic E-state index is -0.0375. The minimum Gasteiger partial charge on any atom is -0.268 e. The Kier molecular flexibility index (Phi) is 5.06. The van der Waals surface area contributed by atoms with Crippen LogP contribution in [-0.4, -0.2) is 9.55 Å². The van der Waals surface area contributed by atoms with E-state index in [1.807, 2.05) is 42.5 Å². The van der Waals surface area contributed by atoms with Crippen molar-refractivity contribution in [3.05, 3.63) is 93.8 Å². The van der Waals surface area contributed by atoms with Crippen molar-refractivity contribution in [2.45, 2.75) is 40.0 Å². The third-order valence-electron chi connectivity index (χ3n) is 5.81. The summed E-state index contributed by atoms with van der Waals surface area (Å²) in [4.78, 5) is 18.5. The van der Waals surface area contributed by atoms with Crippen molar-refractivity contribution >= 4 is 10.9 Å². The Morgan fingerprint density at radius 1 is 0.897 bits per heavy atom. The summed E-state index contributed by atoms with van der Waals surface area (Å²) in [5.74, 6) is 1.19. The maximum absolute atomic E-state index is 13.5. The monoisotopic (exact) mass is 382 g/mol. The van der Waals surface area contributed by atoms with Gasteiger partial charge >= 0.3 is 0 Å². The Balaban J connectivity index is 2.04. The molecule has 1 atom stereocenters. The lowest BCUT2D eigenvalue weighted by atomic mass is 9.98. The van der Waals surface area contributed by atoms with Crippen LogP contribution in [0, 0.1) is 13.8 Å². The van der Waals surface area contributed by atoms with Gasteiger partial charge in [-0.2, -0.15) is 0 Å². The van der Waals surface area contributed by atoms with Crippen molar-refractivity contribution in [3.63, 3.8) is 0 Å². The number of aryl methyl sites for hydroxylation is 2. The molecule has 1 heterocycles. The first-order valence-electron chi connectivity index (χ1n) is 10.2. The van der Waals surface area contributed by atoms with Crippen LogP contribution in [0.15, 0.2) is 71.5 Å². The van der Waals surface area contributed by atoms with Gasteiger partial charge in [0.15, 0.2) is 0 Å². The number of hydrogen-bond donors (Lipinski definition) is 0. The predicted octanol–water partition coefficient (Wildman–Crippen LogP) is 6.18. The normalized spacial score (nSPS) is 12.3. The van der Waals surface area contributed by atoms with Gasteiger partial charge < -0.3 is 0 Å². The molecule has 3 heteroatoms. The zero-order valence-electron chi connectivity index (χ0n) is 17.4. The first-order valence-corrected chi connectivity index (χ1v) is 10.2. The quantitative estimate of drug-likeness (QED) is 0.422. The summed E-state index contributed by atoms with van der Waals surface area (Å²) in [6.07, 6.45) is 1.09. The van der Waals surface area contributed by atoms with Gasteiger partial charge in [-0.05, 0) is 67.1 Å². The average Bonchev–Trinajstić information content (AvgIpc) is 2.73. The van der Waals surface area contributed by atoms with E-state index in [2.05, 4.69) is 52.0 Å². The summed E-state index contributed by atoms with van der Waals surface area (Å²) in [5, 5.41) is 0.633. The van der Waals surface area contributed by atoms with E-state index in [1.54, 1.807) is 4.57 Å². The largest absolute Gasteiger partial charge is 0.268 e. The SMILES string of the molecule is CCC(C)c1ccc(-n2c(-c3c(C)cccc3C)nc3ccccc3c2=O)cc1. The van der Waals surface area contributed by atoms with E-state index in [0.29, 0.717) is 17.1 Å². The van der Waals surface area contributed by atoms with Crippen molar-refractivity contribution in [2.24, 2.45) is 0 Å². The number of nitrogens with zero attached hydrogens (tertiary/aromatic N) is 2. The molecule has 0 aliphatic rings. The van der Waals surface area contributed by atoms with Crippen LogP contribution in [0.3, 0.4) is 0 Å². The number of para-hydroxylation sites is 1. The van der Waals surface area contributed by atoms with Crippen LogP contribution in [0.5, 0.6) is 0 Å². The van der Waals surface area contributed by atoms with Crippen molar-refractivity contribution in [2.75, 3.05) is 0 Å². The Morgan fingerprint density at radius 2 is 1.55 bits per heavy atom. The Bertz CT molecular complexity index is 1220. The van der Waals surface area contributed by atoms with Gasteiger partial charge in [0.25, 0.3) is 5.56 Å². The van der Waals surface area contributed by atoms with Crippen LogP contribution in [0.2, 0.25) is 0 Å². The van der Waals surface area contributed by atoms with Gasteiger partial charge in [-0.15, -0.1) is 0 Å². The molecule has 29 heavy (non-hydrogen) atoms. The molecule has 146 valence electrons. The predicted molar refractivity (Wildman–Crippen MR) is 121 cm³/mol. The Labute approximate surface area is 171 Å². The van der Waals surface area contributed by atoms with E-state index in [-0.39, 0.29) is 5.56 Å². The molecule has 0 radical (unpaired) electrons. The second kappa shape index (κ2) is 7.67. The van der Waals surface area contributed by atoms with Crippen molar-refractivity contribution < 1.29 is 0 Å². The van der Waals surface area contributed by atoms with Gasteiger partial charge in [0, 0.05) is 5.56 Å². The van der Waals surface area contributed by atoms with Crippen LogP contribution in [0.25, 0.3) is 28.0 Å². The summed E-state index contributed by atoms with van der Waals surface area (Å²) in [6, 6.07) is 22.1. The molecule has 4 aromatic rings. The van der Waals surface area contributed by atoms with Gasteiger partial charge in [-0.1, -0.05) is 56.3 Å². The minimum absolute atomic E-state index is 0.0375. The standard InChI is InChI=1S/C26H26N2O/c1-5-17(2)20-13-15-21(16-14-20)28-25(24-18(3)9-8-10-19(24)4)27-23-12-7-6-11-22(23)26(28)29/h6-17H,5H2,1-4H3. The molecule has 0 amide bonds. The van der Waals surface area contributed by atoms with Gasteiger partial charge in [-0.25, -0.2) is 4.98 Å². The molecule has 0 aliphatic carbocycles. The van der Waals surface area contributed by atoms with Gasteiger partial charge in [0.1, 0.15) is 5.82 Å². The average molecular weight is 383 g/mol. The zero-order chi connectivity index (χ0) is 20.5. The van der Waals surface area contributed by atoms with Crippen LogP contribution >= 0.6 is 0 Å². The molecule has 4 rings (SSSR count). The molecule has 0 saturated carbocycles. The lowest BCUT2D eigenvalue weighted by Crippen LogP contribution is -2.22. The number of fused-ring (bicyclic) bond motifs is 1. The highest BCUT2D eigenvalue weighted by Crippen LogP contribution is 2.29. The number of aromatic nitrogens is 2. The fourth-order valence-corrected chi connectivity index (χ4v) is 3.89. The fraction of sp³-hybridized carbons (Fsp3) is 0.231. The van der Waals surface area contributed by atoms with E-state index in [1.165, 1.54) is 5.56 Å². The lowest BCUT2D eigenvalue weighted by molar-refractivity contribution is 0.733. The van der Waals surface area contributed by atoms with E-state index in [9.17, 15) is 4.79 Å². The van der Waals surface area contributed by atoms with E-state index in [4.69, 9.17) is 4.98 Å². The molecule has 3 nitrogen and oxygen atoms in total. The summed E-state index contributed by atoms with van der Waals surface area (Å²) >= 11 is 0. The maximum Gasteiger partial charge on any atom is 0.266 e. The summed E-state index contributed by atoms with van der Waals surface area (Å²) in [6.45, 7) is 8.55. The molecular formula is C26H26N2O. The second-order valence-electron chi connectivity index (χ2n) is 7.76. The molecule has 0 fully saturated rings. The fourth-order valence-electron chi connectivity index (χ4n) is 3.89. The summed E-state index contributed by atoms with van der Waals surface area (Å²) < 4.78 is 1.76. The van der Waals surface area contributed by atoms with Gasteiger partial charge in [0.2, 0.25) is 0 Å². The van der Waals surface area contributed by atoms with Crippen LogP contribution in [0.4, 0.5) is 0 Å². The smallest absolute Gasteiger partial charge is 0.266 e. The third-order valence-corrected chi connectivity index (χ3v) is 5.81. The highest BCUT2D eigenvalue weighted by atomic mass is 16.1.